The zero-order valence-electron chi connectivity index (χ0n) is 20.5. The van der Waals surface area contributed by atoms with Crippen molar-refractivity contribution in [3.63, 3.8) is 0 Å². The van der Waals surface area contributed by atoms with Gasteiger partial charge in [-0.25, -0.2) is 4.68 Å². The van der Waals surface area contributed by atoms with Gasteiger partial charge in [0.05, 0.1) is 12.1 Å². The molecular weight excluding hydrogens is 448 g/mol. The zero-order chi connectivity index (χ0) is 24.6. The Morgan fingerprint density at radius 3 is 2.61 bits per heavy atom. The van der Waals surface area contributed by atoms with Crippen LogP contribution >= 0.6 is 0 Å². The molecule has 0 saturated carbocycles. The second-order valence-electron chi connectivity index (χ2n) is 9.55. The summed E-state index contributed by atoms with van der Waals surface area (Å²) in [5.74, 6) is 0.658. The first kappa shape index (κ1) is 22.2. The van der Waals surface area contributed by atoms with Gasteiger partial charge in [-0.3, -0.25) is 4.79 Å². The number of aromatic amines is 1. The maximum Gasteiger partial charge on any atom is 0.254 e. The van der Waals surface area contributed by atoms with Crippen molar-refractivity contribution >= 4 is 16.6 Å². The van der Waals surface area contributed by atoms with E-state index in [0.717, 1.165) is 52.7 Å². The number of para-hydroxylation sites is 1. The number of hydrogen-bond donors (Lipinski definition) is 1. The highest BCUT2D eigenvalue weighted by Gasteiger charge is 2.33. The van der Waals surface area contributed by atoms with Crippen LogP contribution in [-0.2, 0) is 13.0 Å². The molecule has 0 aliphatic carbocycles. The van der Waals surface area contributed by atoms with E-state index in [1.165, 1.54) is 5.56 Å². The Hall–Kier alpha value is -4.26. The number of aryl methyl sites for hydroxylation is 3. The molecule has 0 saturated heterocycles. The lowest BCUT2D eigenvalue weighted by molar-refractivity contribution is 0.555. The van der Waals surface area contributed by atoms with Crippen LogP contribution in [0, 0.1) is 13.8 Å². The van der Waals surface area contributed by atoms with Crippen molar-refractivity contribution in [2.75, 3.05) is 11.4 Å². The summed E-state index contributed by atoms with van der Waals surface area (Å²) in [5.41, 5.74) is 7.09. The third-order valence-corrected chi connectivity index (χ3v) is 7.20. The van der Waals surface area contributed by atoms with E-state index in [4.69, 9.17) is 0 Å². The van der Waals surface area contributed by atoms with Crippen LogP contribution in [0.3, 0.4) is 0 Å². The average Bonchev–Trinajstić information content (AvgIpc) is 3.35. The monoisotopic (exact) mass is 476 g/mol. The Kier molecular flexibility index (Phi) is 5.60. The first-order valence-corrected chi connectivity index (χ1v) is 12.4. The van der Waals surface area contributed by atoms with Gasteiger partial charge in [0.25, 0.3) is 5.56 Å². The topological polar surface area (TPSA) is 79.7 Å². The van der Waals surface area contributed by atoms with Gasteiger partial charge in [0.2, 0.25) is 0 Å². The van der Waals surface area contributed by atoms with E-state index in [1.807, 2.05) is 41.9 Å². The molecule has 180 valence electrons. The average molecular weight is 477 g/mol. The molecule has 1 unspecified atom stereocenters. The quantitative estimate of drug-likeness (QED) is 0.397. The van der Waals surface area contributed by atoms with Crippen molar-refractivity contribution < 1.29 is 0 Å². The van der Waals surface area contributed by atoms with Gasteiger partial charge in [0, 0.05) is 23.2 Å². The molecule has 2 aromatic heterocycles. The molecule has 1 aliphatic rings. The predicted octanol–water partition coefficient (Wildman–Crippen LogP) is 4.72. The molecule has 3 aromatic carbocycles. The minimum absolute atomic E-state index is 0.112. The number of fused-ring (bicyclic) bond motifs is 2. The number of benzene rings is 3. The number of pyridine rings is 1. The first-order chi connectivity index (χ1) is 17.6. The van der Waals surface area contributed by atoms with Crippen LogP contribution in [0.2, 0.25) is 0 Å². The minimum Gasteiger partial charge on any atom is -0.357 e. The highest BCUT2D eigenvalue weighted by atomic mass is 16.1. The summed E-state index contributed by atoms with van der Waals surface area (Å²) >= 11 is 0. The fourth-order valence-corrected chi connectivity index (χ4v) is 5.35. The molecular formula is C29H28N6O. The van der Waals surface area contributed by atoms with Gasteiger partial charge in [-0.05, 0) is 71.5 Å². The number of nitrogens with one attached hydrogen (secondary N) is 1. The summed E-state index contributed by atoms with van der Waals surface area (Å²) in [7, 11) is 0. The van der Waals surface area contributed by atoms with Gasteiger partial charge < -0.3 is 9.88 Å². The van der Waals surface area contributed by atoms with E-state index in [2.05, 4.69) is 74.8 Å². The molecule has 36 heavy (non-hydrogen) atoms. The third-order valence-electron chi connectivity index (χ3n) is 7.20. The Bertz CT molecular complexity index is 1600. The largest absolute Gasteiger partial charge is 0.357 e. The second-order valence-corrected chi connectivity index (χ2v) is 9.55. The Morgan fingerprint density at radius 2 is 1.75 bits per heavy atom. The lowest BCUT2D eigenvalue weighted by Crippen LogP contribution is -2.38. The molecule has 0 bridgehead atoms. The van der Waals surface area contributed by atoms with E-state index in [1.54, 1.807) is 0 Å². The first-order valence-electron chi connectivity index (χ1n) is 12.4. The van der Waals surface area contributed by atoms with E-state index < -0.39 is 6.04 Å². The van der Waals surface area contributed by atoms with E-state index in [0.29, 0.717) is 17.9 Å². The smallest absolute Gasteiger partial charge is 0.254 e. The summed E-state index contributed by atoms with van der Waals surface area (Å²) in [5, 5.41) is 14.0. The third kappa shape index (κ3) is 3.86. The second kappa shape index (κ2) is 9.07. The Morgan fingerprint density at radius 1 is 0.972 bits per heavy atom. The maximum absolute atomic E-state index is 13.7. The molecule has 7 nitrogen and oxygen atoms in total. The van der Waals surface area contributed by atoms with E-state index >= 15 is 0 Å². The van der Waals surface area contributed by atoms with Crippen LogP contribution in [-0.4, -0.2) is 31.7 Å². The van der Waals surface area contributed by atoms with Crippen molar-refractivity contribution in [3.05, 3.63) is 117 Å². The number of tetrazole rings is 1. The summed E-state index contributed by atoms with van der Waals surface area (Å²) in [4.78, 5) is 19.2. The van der Waals surface area contributed by atoms with Crippen LogP contribution in [0.5, 0.6) is 0 Å². The Labute approximate surface area is 209 Å². The fraction of sp³-hybridized carbons (Fsp3) is 0.241. The Balaban J connectivity index is 1.57. The number of hydrogen-bond acceptors (Lipinski definition) is 5. The summed E-state index contributed by atoms with van der Waals surface area (Å²) in [6.07, 6.45) is 2.01. The normalized spacial score (nSPS) is 14.1. The minimum atomic E-state index is -0.432. The predicted molar refractivity (Wildman–Crippen MR) is 141 cm³/mol. The summed E-state index contributed by atoms with van der Waals surface area (Å²) < 4.78 is 1.82. The van der Waals surface area contributed by atoms with Crippen molar-refractivity contribution in [1.29, 1.82) is 0 Å². The van der Waals surface area contributed by atoms with E-state index in [9.17, 15) is 4.79 Å². The molecule has 6 rings (SSSR count). The van der Waals surface area contributed by atoms with Crippen LogP contribution in [0.1, 0.15) is 46.1 Å². The molecule has 0 radical (unpaired) electrons. The zero-order valence-corrected chi connectivity index (χ0v) is 20.5. The molecule has 1 atom stereocenters. The SMILES string of the molecule is Cc1ccc(C)c2[nH]c(=O)c(C(c3nnnn3Cc3ccccc3)N3CCCc4ccccc43)cc12. The van der Waals surface area contributed by atoms with Crippen molar-refractivity contribution in [2.24, 2.45) is 0 Å². The van der Waals surface area contributed by atoms with Gasteiger partial charge in [-0.2, -0.15) is 0 Å². The van der Waals surface area contributed by atoms with Crippen LogP contribution in [0.15, 0.2) is 77.6 Å². The molecule has 0 fully saturated rings. The molecule has 1 aliphatic heterocycles. The maximum atomic E-state index is 13.7. The van der Waals surface area contributed by atoms with Gasteiger partial charge in [-0.1, -0.05) is 60.7 Å². The van der Waals surface area contributed by atoms with Crippen molar-refractivity contribution in [3.8, 4) is 0 Å². The number of anilines is 1. The van der Waals surface area contributed by atoms with E-state index in [-0.39, 0.29) is 5.56 Å². The number of H-pyrrole nitrogens is 1. The van der Waals surface area contributed by atoms with Gasteiger partial charge >= 0.3 is 0 Å². The summed E-state index contributed by atoms with van der Waals surface area (Å²) in [6, 6.07) is 24.3. The lowest BCUT2D eigenvalue weighted by Gasteiger charge is -2.37. The van der Waals surface area contributed by atoms with Gasteiger partial charge in [0.1, 0.15) is 6.04 Å². The molecule has 0 spiro atoms. The molecule has 1 N–H and O–H groups in total. The number of aromatic nitrogens is 5. The molecule has 3 heterocycles. The van der Waals surface area contributed by atoms with Crippen LogP contribution in [0.25, 0.3) is 10.9 Å². The van der Waals surface area contributed by atoms with Crippen LogP contribution < -0.4 is 10.5 Å². The molecule has 5 aromatic rings. The van der Waals surface area contributed by atoms with Gasteiger partial charge in [-0.15, -0.1) is 5.10 Å². The summed E-state index contributed by atoms with van der Waals surface area (Å²) in [6.45, 7) is 5.44. The standard InChI is InChI=1S/C29H28N6O/c1-19-14-15-20(2)26-23(19)17-24(29(36)30-26)27(34-16-8-12-22-11-6-7-13-25(22)34)28-31-32-33-35(28)18-21-9-4-3-5-10-21/h3-7,9-11,13-15,17,27H,8,12,16,18H2,1-2H3,(H,30,36). The number of rotatable bonds is 5. The highest BCUT2D eigenvalue weighted by molar-refractivity contribution is 5.85. The van der Waals surface area contributed by atoms with Crippen molar-refractivity contribution in [2.45, 2.75) is 39.3 Å². The van der Waals surface area contributed by atoms with Crippen LogP contribution in [0.4, 0.5) is 5.69 Å². The lowest BCUT2D eigenvalue weighted by atomic mass is 9.95. The fourth-order valence-electron chi connectivity index (χ4n) is 5.35. The molecule has 0 amide bonds. The number of nitrogens with zero attached hydrogens (tertiary/aromatic N) is 5. The molecule has 7 heteroatoms. The van der Waals surface area contributed by atoms with Crippen molar-refractivity contribution in [1.82, 2.24) is 25.2 Å². The van der Waals surface area contributed by atoms with Gasteiger partial charge in [0.15, 0.2) is 5.82 Å². The highest BCUT2D eigenvalue weighted by Crippen LogP contribution is 2.37.